The highest BCUT2D eigenvalue weighted by Gasteiger charge is 2.17. The molecule has 2 aromatic heterocycles. The number of oxazole rings is 1. The minimum absolute atomic E-state index is 0.642. The van der Waals surface area contributed by atoms with Crippen LogP contribution in [0.4, 0.5) is 0 Å². The van der Waals surface area contributed by atoms with Crippen molar-refractivity contribution < 1.29 is 9.15 Å². The van der Waals surface area contributed by atoms with Crippen molar-refractivity contribution in [3.05, 3.63) is 102 Å². The van der Waals surface area contributed by atoms with Crippen molar-refractivity contribution in [2.75, 3.05) is 7.11 Å². The highest BCUT2D eigenvalue weighted by atomic mass is 32.2. The topological polar surface area (TPSA) is 66.0 Å². The summed E-state index contributed by atoms with van der Waals surface area (Å²) in [6.45, 7) is 2.73. The van der Waals surface area contributed by atoms with Gasteiger partial charge in [-0.05, 0) is 55.3 Å². The number of hydrogen-bond donors (Lipinski definition) is 0. The lowest BCUT2D eigenvalue weighted by Crippen LogP contribution is -2.05. The molecule has 5 rings (SSSR count). The van der Waals surface area contributed by atoms with Crippen LogP contribution < -0.4 is 4.74 Å². The maximum absolute atomic E-state index is 5.94. The van der Waals surface area contributed by atoms with Gasteiger partial charge in [0.2, 0.25) is 5.89 Å². The monoisotopic (exact) mass is 482 g/mol. The van der Waals surface area contributed by atoms with Gasteiger partial charge in [0.15, 0.2) is 11.0 Å². The van der Waals surface area contributed by atoms with E-state index in [1.165, 1.54) is 5.56 Å². The number of thioether (sulfide) groups is 1. The molecule has 0 saturated heterocycles. The number of benzene rings is 3. The quantitative estimate of drug-likeness (QED) is 0.225. The Bertz CT molecular complexity index is 1380. The molecule has 0 amide bonds. The van der Waals surface area contributed by atoms with Gasteiger partial charge >= 0.3 is 0 Å². The second-order valence-corrected chi connectivity index (χ2v) is 9.04. The second kappa shape index (κ2) is 10.6. The summed E-state index contributed by atoms with van der Waals surface area (Å²) in [4.78, 5) is 4.74. The molecule has 0 bridgehead atoms. The minimum atomic E-state index is 0.642. The molecule has 2 heterocycles. The molecule has 35 heavy (non-hydrogen) atoms. The number of aromatic nitrogens is 4. The second-order valence-electron chi connectivity index (χ2n) is 8.10. The van der Waals surface area contributed by atoms with Crippen molar-refractivity contribution in [1.29, 1.82) is 0 Å². The first kappa shape index (κ1) is 22.9. The van der Waals surface area contributed by atoms with E-state index in [-0.39, 0.29) is 0 Å². The van der Waals surface area contributed by atoms with Crippen LogP contribution >= 0.6 is 11.8 Å². The molecule has 6 nitrogen and oxygen atoms in total. The zero-order valence-electron chi connectivity index (χ0n) is 19.7. The lowest BCUT2D eigenvalue weighted by atomic mass is 10.1. The average Bonchev–Trinajstić information content (AvgIpc) is 3.50. The van der Waals surface area contributed by atoms with Crippen molar-refractivity contribution >= 4 is 11.8 Å². The van der Waals surface area contributed by atoms with Gasteiger partial charge in [-0.2, -0.15) is 0 Å². The van der Waals surface area contributed by atoms with E-state index in [4.69, 9.17) is 14.1 Å². The Kier molecular flexibility index (Phi) is 6.95. The summed E-state index contributed by atoms with van der Waals surface area (Å²) < 4.78 is 13.4. The Morgan fingerprint density at radius 2 is 1.57 bits per heavy atom. The Hall–Kier alpha value is -3.84. The van der Waals surface area contributed by atoms with E-state index in [0.29, 0.717) is 11.6 Å². The van der Waals surface area contributed by atoms with Crippen LogP contribution in [0.3, 0.4) is 0 Å². The fourth-order valence-corrected chi connectivity index (χ4v) is 4.80. The third kappa shape index (κ3) is 5.30. The van der Waals surface area contributed by atoms with Crippen molar-refractivity contribution in [1.82, 2.24) is 19.7 Å². The lowest BCUT2D eigenvalue weighted by molar-refractivity contribution is 0.415. The van der Waals surface area contributed by atoms with Gasteiger partial charge in [-0.3, -0.25) is 0 Å². The van der Waals surface area contributed by atoms with Gasteiger partial charge < -0.3 is 13.7 Å². The summed E-state index contributed by atoms with van der Waals surface area (Å²) in [5.74, 6) is 3.77. The van der Waals surface area contributed by atoms with Crippen molar-refractivity contribution in [3.63, 3.8) is 0 Å². The van der Waals surface area contributed by atoms with Gasteiger partial charge in [0, 0.05) is 23.4 Å². The number of rotatable bonds is 9. The number of ether oxygens (including phenoxy) is 1. The highest BCUT2D eigenvalue weighted by molar-refractivity contribution is 7.98. The van der Waals surface area contributed by atoms with Crippen molar-refractivity contribution in [2.45, 2.75) is 30.8 Å². The largest absolute Gasteiger partial charge is 0.497 e. The molecule has 0 N–H and O–H groups in total. The standard InChI is InChI=1S/C28H26N4O2S/c1-20-25(29-27(34-20)23-11-7-4-8-12-23)19-35-28-31-30-26(22-13-15-24(33-2)16-14-22)32(28)18-17-21-9-5-3-6-10-21/h3-16H,17-19H2,1-2H3. The number of aryl methyl sites for hydroxylation is 2. The molecule has 3 aromatic carbocycles. The first-order valence-corrected chi connectivity index (χ1v) is 12.5. The molecule has 0 unspecified atom stereocenters. The summed E-state index contributed by atoms with van der Waals surface area (Å²) in [6.07, 6.45) is 0.886. The smallest absolute Gasteiger partial charge is 0.226 e. The van der Waals surface area contributed by atoms with Crippen LogP contribution in [0, 0.1) is 6.92 Å². The van der Waals surface area contributed by atoms with Crippen LogP contribution in [0.15, 0.2) is 94.5 Å². The molecule has 0 aliphatic carbocycles. The van der Waals surface area contributed by atoms with Crippen LogP contribution in [-0.2, 0) is 18.7 Å². The Balaban J connectivity index is 1.40. The van der Waals surface area contributed by atoms with E-state index in [0.717, 1.165) is 52.3 Å². The first-order valence-electron chi connectivity index (χ1n) is 11.5. The van der Waals surface area contributed by atoms with Gasteiger partial charge in [-0.15, -0.1) is 10.2 Å². The molecule has 0 aliphatic heterocycles. The fraction of sp³-hybridized carbons (Fsp3) is 0.179. The molecule has 0 saturated carbocycles. The normalized spacial score (nSPS) is 11.0. The van der Waals surface area contributed by atoms with E-state index in [1.807, 2.05) is 67.6 Å². The third-order valence-corrected chi connectivity index (χ3v) is 6.76. The number of nitrogens with zero attached hydrogens (tertiary/aromatic N) is 4. The van der Waals surface area contributed by atoms with E-state index in [9.17, 15) is 0 Å². The Morgan fingerprint density at radius 1 is 0.857 bits per heavy atom. The minimum Gasteiger partial charge on any atom is -0.497 e. The zero-order chi connectivity index (χ0) is 24.0. The Morgan fingerprint density at radius 3 is 2.29 bits per heavy atom. The zero-order valence-corrected chi connectivity index (χ0v) is 20.5. The van der Waals surface area contributed by atoms with Crippen LogP contribution in [0.25, 0.3) is 22.8 Å². The average molecular weight is 483 g/mol. The summed E-state index contributed by atoms with van der Waals surface area (Å²) in [5.41, 5.74) is 4.16. The highest BCUT2D eigenvalue weighted by Crippen LogP contribution is 2.30. The maximum Gasteiger partial charge on any atom is 0.226 e. The molecular formula is C28H26N4O2S. The van der Waals surface area contributed by atoms with Gasteiger partial charge in [-0.1, -0.05) is 60.3 Å². The lowest BCUT2D eigenvalue weighted by Gasteiger charge is -2.11. The van der Waals surface area contributed by atoms with Crippen molar-refractivity contribution in [2.24, 2.45) is 0 Å². The molecule has 5 aromatic rings. The number of methoxy groups -OCH3 is 1. The predicted octanol–water partition coefficient (Wildman–Crippen LogP) is 6.45. The van der Waals surface area contributed by atoms with Crippen LogP contribution in [0.5, 0.6) is 5.75 Å². The molecule has 0 atom stereocenters. The SMILES string of the molecule is COc1ccc(-c2nnc(SCc3nc(-c4ccccc4)oc3C)n2CCc2ccccc2)cc1. The van der Waals surface area contributed by atoms with Gasteiger partial charge in [-0.25, -0.2) is 4.98 Å². The van der Waals surface area contributed by atoms with Crippen LogP contribution in [-0.4, -0.2) is 26.9 Å². The molecular weight excluding hydrogens is 456 g/mol. The van der Waals surface area contributed by atoms with E-state index in [1.54, 1.807) is 18.9 Å². The summed E-state index contributed by atoms with van der Waals surface area (Å²) >= 11 is 1.62. The fourth-order valence-electron chi connectivity index (χ4n) is 3.84. The maximum atomic E-state index is 5.94. The van der Waals surface area contributed by atoms with Gasteiger partial charge in [0.05, 0.1) is 12.8 Å². The molecule has 0 fully saturated rings. The van der Waals surface area contributed by atoms with Crippen LogP contribution in [0.2, 0.25) is 0 Å². The summed E-state index contributed by atoms with van der Waals surface area (Å²) in [7, 11) is 1.67. The molecule has 0 radical (unpaired) electrons. The summed E-state index contributed by atoms with van der Waals surface area (Å²) in [6, 6.07) is 28.4. The summed E-state index contributed by atoms with van der Waals surface area (Å²) in [5, 5.41) is 9.95. The van der Waals surface area contributed by atoms with E-state index in [2.05, 4.69) is 39.0 Å². The van der Waals surface area contributed by atoms with Crippen molar-refractivity contribution in [3.8, 4) is 28.6 Å². The van der Waals surface area contributed by atoms with E-state index < -0.39 is 0 Å². The van der Waals surface area contributed by atoms with Gasteiger partial charge in [0.25, 0.3) is 0 Å². The molecule has 176 valence electrons. The predicted molar refractivity (Wildman–Crippen MR) is 138 cm³/mol. The number of hydrogen-bond acceptors (Lipinski definition) is 6. The Labute approximate surface area is 209 Å². The first-order chi connectivity index (χ1) is 17.2. The third-order valence-electron chi connectivity index (χ3n) is 5.78. The molecule has 7 heteroatoms. The van der Waals surface area contributed by atoms with Gasteiger partial charge in [0.1, 0.15) is 11.5 Å². The molecule has 0 aliphatic rings. The molecule has 0 spiro atoms. The van der Waals surface area contributed by atoms with E-state index >= 15 is 0 Å². The van der Waals surface area contributed by atoms with Crippen LogP contribution in [0.1, 0.15) is 17.0 Å².